The highest BCUT2D eigenvalue weighted by Gasteiger charge is 2.17. The topological polar surface area (TPSA) is 131 Å². The molecule has 0 aliphatic rings. The van der Waals surface area contributed by atoms with Crippen LogP contribution in [0.25, 0.3) is 0 Å². The van der Waals surface area contributed by atoms with Crippen molar-refractivity contribution >= 4 is 0 Å². The van der Waals surface area contributed by atoms with Crippen molar-refractivity contribution in [2.75, 3.05) is 0 Å². The number of hydrogen-bond acceptors (Lipinski definition) is 7. The van der Waals surface area contributed by atoms with Crippen molar-refractivity contribution in [1.29, 1.82) is 0 Å². The Morgan fingerprint density at radius 2 is 0.895 bits per heavy atom. The summed E-state index contributed by atoms with van der Waals surface area (Å²) in [7, 11) is 0. The summed E-state index contributed by atoms with van der Waals surface area (Å²) >= 11 is 0. The molecule has 19 heavy (non-hydrogen) atoms. The Hall–Kier alpha value is -2.96. The van der Waals surface area contributed by atoms with Crippen LogP contribution in [0.2, 0.25) is 0 Å². The number of phenolic OH excluding ortho intramolecular Hbond substituents is 6. The SMILES string of the molecule is Oc1ccc(Oc2ccc(O)c(O)c2O)c(O)c1O. The van der Waals surface area contributed by atoms with Crippen molar-refractivity contribution < 1.29 is 35.4 Å². The maximum Gasteiger partial charge on any atom is 0.205 e. The molecular formula is C12H10O7. The van der Waals surface area contributed by atoms with Crippen molar-refractivity contribution in [3.05, 3.63) is 24.3 Å². The molecule has 0 fully saturated rings. The quantitative estimate of drug-likeness (QED) is 0.456. The molecule has 2 rings (SSSR count). The van der Waals surface area contributed by atoms with E-state index in [1.54, 1.807) is 0 Å². The minimum Gasteiger partial charge on any atom is -0.504 e. The van der Waals surface area contributed by atoms with Crippen LogP contribution in [-0.4, -0.2) is 30.6 Å². The first kappa shape index (κ1) is 12.5. The van der Waals surface area contributed by atoms with Gasteiger partial charge >= 0.3 is 0 Å². The molecule has 7 heteroatoms. The van der Waals surface area contributed by atoms with E-state index < -0.39 is 34.5 Å². The van der Waals surface area contributed by atoms with Gasteiger partial charge in [0.25, 0.3) is 0 Å². The Bertz CT molecular complexity index is 581. The van der Waals surface area contributed by atoms with Crippen LogP contribution in [0.15, 0.2) is 24.3 Å². The number of rotatable bonds is 2. The Balaban J connectivity index is 2.43. The fraction of sp³-hybridized carbons (Fsp3) is 0. The summed E-state index contributed by atoms with van der Waals surface area (Å²) < 4.78 is 5.07. The van der Waals surface area contributed by atoms with Crippen LogP contribution in [0.4, 0.5) is 0 Å². The van der Waals surface area contributed by atoms with E-state index in [0.717, 1.165) is 24.3 Å². The molecule has 0 aromatic heterocycles. The van der Waals surface area contributed by atoms with Gasteiger partial charge in [0.15, 0.2) is 23.0 Å². The van der Waals surface area contributed by atoms with Crippen LogP contribution in [0, 0.1) is 0 Å². The zero-order valence-electron chi connectivity index (χ0n) is 9.40. The van der Waals surface area contributed by atoms with E-state index in [1.165, 1.54) is 0 Å². The predicted molar refractivity (Wildman–Crippen MR) is 62.9 cm³/mol. The van der Waals surface area contributed by atoms with Crippen molar-refractivity contribution in [1.82, 2.24) is 0 Å². The van der Waals surface area contributed by atoms with Gasteiger partial charge in [-0.25, -0.2) is 0 Å². The maximum absolute atomic E-state index is 9.53. The zero-order chi connectivity index (χ0) is 14.2. The van der Waals surface area contributed by atoms with Gasteiger partial charge in [-0.1, -0.05) is 0 Å². The Kier molecular flexibility index (Phi) is 2.88. The Morgan fingerprint density at radius 1 is 0.526 bits per heavy atom. The minimum absolute atomic E-state index is 0.254. The van der Waals surface area contributed by atoms with Gasteiger partial charge in [-0.3, -0.25) is 0 Å². The van der Waals surface area contributed by atoms with Gasteiger partial charge in [0.2, 0.25) is 23.0 Å². The van der Waals surface area contributed by atoms with E-state index in [9.17, 15) is 20.4 Å². The smallest absolute Gasteiger partial charge is 0.205 e. The lowest BCUT2D eigenvalue weighted by Gasteiger charge is -2.11. The van der Waals surface area contributed by atoms with E-state index in [0.29, 0.717) is 0 Å². The van der Waals surface area contributed by atoms with E-state index in [1.807, 2.05) is 0 Å². The second-order valence-electron chi connectivity index (χ2n) is 3.66. The van der Waals surface area contributed by atoms with Crippen LogP contribution < -0.4 is 4.74 Å². The number of benzene rings is 2. The molecule has 0 saturated carbocycles. The van der Waals surface area contributed by atoms with Crippen molar-refractivity contribution in [2.45, 2.75) is 0 Å². The average Bonchev–Trinajstić information content (AvgIpc) is 2.39. The Labute approximate surface area is 106 Å². The highest BCUT2D eigenvalue weighted by atomic mass is 16.5. The van der Waals surface area contributed by atoms with Gasteiger partial charge in [0.05, 0.1) is 0 Å². The second-order valence-corrected chi connectivity index (χ2v) is 3.66. The van der Waals surface area contributed by atoms with Gasteiger partial charge < -0.3 is 35.4 Å². The molecule has 0 aliphatic carbocycles. The summed E-state index contributed by atoms with van der Waals surface area (Å²) in [6.07, 6.45) is 0. The normalized spacial score (nSPS) is 10.3. The molecule has 0 amide bonds. The molecule has 0 radical (unpaired) electrons. The molecular weight excluding hydrogens is 256 g/mol. The van der Waals surface area contributed by atoms with E-state index >= 15 is 0 Å². The lowest BCUT2D eigenvalue weighted by Crippen LogP contribution is -1.86. The van der Waals surface area contributed by atoms with Gasteiger partial charge in [0, 0.05) is 0 Å². The first-order chi connectivity index (χ1) is 8.91. The average molecular weight is 266 g/mol. The molecule has 100 valence electrons. The lowest BCUT2D eigenvalue weighted by molar-refractivity contribution is 0.332. The fourth-order valence-electron chi connectivity index (χ4n) is 1.38. The Morgan fingerprint density at radius 3 is 1.26 bits per heavy atom. The van der Waals surface area contributed by atoms with Gasteiger partial charge in [0.1, 0.15) is 0 Å². The van der Waals surface area contributed by atoms with E-state index in [4.69, 9.17) is 14.9 Å². The maximum atomic E-state index is 9.53. The van der Waals surface area contributed by atoms with Crippen LogP contribution in [-0.2, 0) is 0 Å². The zero-order valence-corrected chi connectivity index (χ0v) is 9.40. The third-order valence-electron chi connectivity index (χ3n) is 2.41. The van der Waals surface area contributed by atoms with Gasteiger partial charge in [-0.15, -0.1) is 0 Å². The lowest BCUT2D eigenvalue weighted by atomic mass is 10.2. The van der Waals surface area contributed by atoms with Crippen LogP contribution >= 0.6 is 0 Å². The summed E-state index contributed by atoms with van der Waals surface area (Å²) in [5, 5.41) is 55.9. The summed E-state index contributed by atoms with van der Waals surface area (Å²) in [4.78, 5) is 0. The summed E-state index contributed by atoms with van der Waals surface area (Å²) in [6.45, 7) is 0. The largest absolute Gasteiger partial charge is 0.504 e. The van der Waals surface area contributed by atoms with Crippen molar-refractivity contribution in [3.63, 3.8) is 0 Å². The number of hydrogen-bond donors (Lipinski definition) is 6. The summed E-state index contributed by atoms with van der Waals surface area (Å²) in [5.41, 5.74) is 0. The first-order valence-electron chi connectivity index (χ1n) is 5.07. The number of ether oxygens (including phenoxy) is 1. The predicted octanol–water partition coefficient (Wildman–Crippen LogP) is 1.71. The molecule has 0 saturated heterocycles. The third-order valence-corrected chi connectivity index (χ3v) is 2.41. The molecule has 0 atom stereocenters. The second kappa shape index (κ2) is 4.37. The molecule has 6 N–H and O–H groups in total. The first-order valence-corrected chi connectivity index (χ1v) is 5.07. The molecule has 7 nitrogen and oxygen atoms in total. The number of aromatic hydroxyl groups is 6. The van der Waals surface area contributed by atoms with E-state index in [2.05, 4.69) is 0 Å². The summed E-state index contributed by atoms with van der Waals surface area (Å²) in [6, 6.07) is 4.44. The minimum atomic E-state index is -0.778. The van der Waals surface area contributed by atoms with Crippen LogP contribution in [0.5, 0.6) is 46.0 Å². The van der Waals surface area contributed by atoms with Crippen molar-refractivity contribution in [3.8, 4) is 46.0 Å². The van der Waals surface area contributed by atoms with Crippen LogP contribution in [0.1, 0.15) is 0 Å². The summed E-state index contributed by atoms with van der Waals surface area (Å²) in [5.74, 6) is -4.60. The fourth-order valence-corrected chi connectivity index (χ4v) is 1.38. The standard InChI is InChI=1S/C12H10O7/c13-5-1-3-7(11(17)9(5)15)19-8-4-2-6(14)10(16)12(8)18/h1-4,13-18H. The number of phenols is 6. The van der Waals surface area contributed by atoms with Crippen LogP contribution in [0.3, 0.4) is 0 Å². The molecule has 0 aliphatic heterocycles. The molecule has 0 unspecified atom stereocenters. The van der Waals surface area contributed by atoms with Crippen molar-refractivity contribution in [2.24, 2.45) is 0 Å². The molecule has 0 heterocycles. The van der Waals surface area contributed by atoms with Gasteiger partial charge in [-0.05, 0) is 24.3 Å². The molecule has 2 aromatic carbocycles. The molecule has 2 aromatic rings. The van der Waals surface area contributed by atoms with Gasteiger partial charge in [-0.2, -0.15) is 0 Å². The monoisotopic (exact) mass is 266 g/mol. The van der Waals surface area contributed by atoms with E-state index in [-0.39, 0.29) is 11.5 Å². The third kappa shape index (κ3) is 2.08. The molecule has 0 spiro atoms. The highest BCUT2D eigenvalue weighted by molar-refractivity contribution is 5.61. The molecule has 0 bridgehead atoms. The highest BCUT2D eigenvalue weighted by Crippen LogP contribution is 2.47.